The summed E-state index contributed by atoms with van der Waals surface area (Å²) in [6.45, 7) is 5.73. The van der Waals surface area contributed by atoms with Gasteiger partial charge in [0.2, 0.25) is 5.95 Å². The molecule has 0 spiro atoms. The van der Waals surface area contributed by atoms with Gasteiger partial charge in [-0.3, -0.25) is 0 Å². The molecule has 0 unspecified atom stereocenters. The summed E-state index contributed by atoms with van der Waals surface area (Å²) in [6.07, 6.45) is 7.39. The Morgan fingerprint density at radius 1 is 1.17 bits per heavy atom. The average Bonchev–Trinajstić information content (AvgIpc) is 3.37. The van der Waals surface area contributed by atoms with Crippen molar-refractivity contribution < 1.29 is 0 Å². The predicted octanol–water partition coefficient (Wildman–Crippen LogP) is 3.76. The highest BCUT2D eigenvalue weighted by atomic mass is 35.5. The van der Waals surface area contributed by atoms with Gasteiger partial charge in [0.25, 0.3) is 0 Å². The molecule has 1 atom stereocenters. The van der Waals surface area contributed by atoms with Crippen molar-refractivity contribution in [2.45, 2.75) is 25.3 Å². The van der Waals surface area contributed by atoms with E-state index in [1.54, 1.807) is 6.20 Å². The average molecular weight is 411 g/mol. The standard InChI is InChI=1S/C22H27ClN6/c23-19-12-26-22(28-21(19)18-11-25-20-4-2-1-3-17(18)20)27-16-7-10-29(14-16)13-15-5-8-24-9-6-15/h1-4,11-12,15-16,24-25H,5-10,13-14H2,(H,26,27,28)/t16-/m1/s1. The molecule has 0 saturated carbocycles. The number of halogens is 1. The molecule has 4 heterocycles. The number of hydrogen-bond acceptors (Lipinski definition) is 5. The fraction of sp³-hybridized carbons (Fsp3) is 0.455. The van der Waals surface area contributed by atoms with Crippen LogP contribution in [0.1, 0.15) is 19.3 Å². The van der Waals surface area contributed by atoms with Gasteiger partial charge < -0.3 is 20.5 Å². The molecular formula is C22H27ClN6. The maximum Gasteiger partial charge on any atom is 0.223 e. The third-order valence-electron chi connectivity index (χ3n) is 6.17. The topological polar surface area (TPSA) is 68.9 Å². The zero-order valence-corrected chi connectivity index (χ0v) is 17.3. The fourth-order valence-corrected chi connectivity index (χ4v) is 4.81. The SMILES string of the molecule is Clc1cnc(N[C@@H]2CCN(CC3CCNCC3)C2)nc1-c1c[nH]c2ccccc12. The maximum atomic E-state index is 6.46. The summed E-state index contributed by atoms with van der Waals surface area (Å²) in [6, 6.07) is 8.58. The van der Waals surface area contributed by atoms with Crippen LogP contribution in [-0.2, 0) is 0 Å². The first-order chi connectivity index (χ1) is 14.3. The molecule has 5 rings (SSSR count). The Kier molecular flexibility index (Phi) is 5.40. The zero-order chi connectivity index (χ0) is 19.6. The minimum atomic E-state index is 0.383. The van der Waals surface area contributed by atoms with Gasteiger partial charge in [0.05, 0.1) is 16.9 Å². The summed E-state index contributed by atoms with van der Waals surface area (Å²) < 4.78 is 0. The monoisotopic (exact) mass is 410 g/mol. The summed E-state index contributed by atoms with van der Waals surface area (Å²) in [5.74, 6) is 1.48. The van der Waals surface area contributed by atoms with Crippen molar-refractivity contribution in [1.82, 2.24) is 25.2 Å². The number of aromatic nitrogens is 3. The van der Waals surface area contributed by atoms with Crippen LogP contribution in [0.15, 0.2) is 36.7 Å². The van der Waals surface area contributed by atoms with Crippen molar-refractivity contribution in [2.24, 2.45) is 5.92 Å². The molecule has 0 bridgehead atoms. The predicted molar refractivity (Wildman–Crippen MR) is 118 cm³/mol. The van der Waals surface area contributed by atoms with Crippen LogP contribution in [0.4, 0.5) is 5.95 Å². The zero-order valence-electron chi connectivity index (χ0n) is 16.5. The minimum Gasteiger partial charge on any atom is -0.360 e. The van der Waals surface area contributed by atoms with Crippen LogP contribution >= 0.6 is 11.6 Å². The number of rotatable bonds is 5. The molecule has 0 radical (unpaired) electrons. The molecule has 3 aromatic rings. The molecule has 0 aliphatic carbocycles. The van der Waals surface area contributed by atoms with E-state index >= 15 is 0 Å². The Morgan fingerprint density at radius 2 is 2.03 bits per heavy atom. The number of nitrogens with zero attached hydrogens (tertiary/aromatic N) is 3. The van der Waals surface area contributed by atoms with E-state index in [9.17, 15) is 0 Å². The van der Waals surface area contributed by atoms with Gasteiger partial charge in [-0.15, -0.1) is 0 Å². The lowest BCUT2D eigenvalue weighted by Crippen LogP contribution is -2.36. The van der Waals surface area contributed by atoms with Crippen LogP contribution < -0.4 is 10.6 Å². The number of para-hydroxylation sites is 1. The van der Waals surface area contributed by atoms with E-state index in [1.165, 1.54) is 19.4 Å². The summed E-state index contributed by atoms with van der Waals surface area (Å²) in [5, 5.41) is 8.68. The lowest BCUT2D eigenvalue weighted by molar-refractivity contribution is 0.239. The number of fused-ring (bicyclic) bond motifs is 1. The molecular weight excluding hydrogens is 384 g/mol. The summed E-state index contributed by atoms with van der Waals surface area (Å²) in [5.41, 5.74) is 2.86. The molecule has 0 amide bonds. The van der Waals surface area contributed by atoms with E-state index in [4.69, 9.17) is 16.6 Å². The van der Waals surface area contributed by atoms with Gasteiger partial charge >= 0.3 is 0 Å². The Balaban J connectivity index is 1.28. The van der Waals surface area contributed by atoms with E-state index in [2.05, 4.69) is 37.6 Å². The van der Waals surface area contributed by atoms with Gasteiger partial charge in [0.15, 0.2) is 0 Å². The quantitative estimate of drug-likeness (QED) is 0.597. The van der Waals surface area contributed by atoms with Crippen molar-refractivity contribution >= 4 is 28.5 Å². The third-order valence-corrected chi connectivity index (χ3v) is 6.45. The number of nitrogens with one attached hydrogen (secondary N) is 3. The van der Waals surface area contributed by atoms with Crippen LogP contribution in [0.3, 0.4) is 0 Å². The smallest absolute Gasteiger partial charge is 0.223 e. The molecule has 2 aliphatic heterocycles. The van der Waals surface area contributed by atoms with Crippen LogP contribution in [0.2, 0.25) is 5.02 Å². The van der Waals surface area contributed by atoms with Crippen molar-refractivity contribution in [1.29, 1.82) is 0 Å². The van der Waals surface area contributed by atoms with Gasteiger partial charge in [-0.1, -0.05) is 29.8 Å². The van der Waals surface area contributed by atoms with Crippen molar-refractivity contribution in [2.75, 3.05) is 38.0 Å². The molecule has 2 aromatic heterocycles. The fourth-order valence-electron chi connectivity index (χ4n) is 4.62. The summed E-state index contributed by atoms with van der Waals surface area (Å²) in [4.78, 5) is 15.1. The normalized spacial score (nSPS) is 21.1. The molecule has 29 heavy (non-hydrogen) atoms. The first kappa shape index (κ1) is 18.9. The van der Waals surface area contributed by atoms with Crippen molar-refractivity contribution in [3.63, 3.8) is 0 Å². The van der Waals surface area contributed by atoms with Crippen LogP contribution in [0.5, 0.6) is 0 Å². The highest BCUT2D eigenvalue weighted by molar-refractivity contribution is 6.33. The van der Waals surface area contributed by atoms with E-state index in [-0.39, 0.29) is 0 Å². The Bertz CT molecular complexity index is 980. The largest absolute Gasteiger partial charge is 0.360 e. The van der Waals surface area contributed by atoms with Gasteiger partial charge in [-0.25, -0.2) is 9.97 Å². The summed E-state index contributed by atoms with van der Waals surface area (Å²) >= 11 is 6.46. The lowest BCUT2D eigenvalue weighted by Gasteiger charge is -2.27. The molecule has 3 N–H and O–H groups in total. The second-order valence-corrected chi connectivity index (χ2v) is 8.63. The van der Waals surface area contributed by atoms with Crippen LogP contribution in [0, 0.1) is 5.92 Å². The van der Waals surface area contributed by atoms with Crippen LogP contribution in [0.25, 0.3) is 22.2 Å². The Morgan fingerprint density at radius 3 is 2.93 bits per heavy atom. The van der Waals surface area contributed by atoms with Gasteiger partial charge in [-0.2, -0.15) is 0 Å². The number of aromatic amines is 1. The molecule has 2 fully saturated rings. The Labute approximate surface area is 176 Å². The maximum absolute atomic E-state index is 6.46. The Hall–Kier alpha value is -2.15. The number of likely N-dealkylation sites (tertiary alicyclic amines) is 1. The van der Waals surface area contributed by atoms with E-state index in [0.29, 0.717) is 17.0 Å². The summed E-state index contributed by atoms with van der Waals surface area (Å²) in [7, 11) is 0. The van der Waals surface area contributed by atoms with E-state index in [1.807, 2.05) is 18.3 Å². The number of benzene rings is 1. The molecule has 152 valence electrons. The molecule has 7 heteroatoms. The van der Waals surface area contributed by atoms with Gasteiger partial charge in [0, 0.05) is 48.3 Å². The van der Waals surface area contributed by atoms with Crippen molar-refractivity contribution in [3.8, 4) is 11.3 Å². The van der Waals surface area contributed by atoms with Gasteiger partial charge in [0.1, 0.15) is 0 Å². The number of anilines is 1. The highest BCUT2D eigenvalue weighted by Crippen LogP contribution is 2.32. The minimum absolute atomic E-state index is 0.383. The third kappa shape index (κ3) is 4.10. The number of piperidine rings is 1. The van der Waals surface area contributed by atoms with E-state index < -0.39 is 0 Å². The first-order valence-electron chi connectivity index (χ1n) is 10.5. The number of H-pyrrole nitrogens is 1. The first-order valence-corrected chi connectivity index (χ1v) is 10.9. The van der Waals surface area contributed by atoms with Gasteiger partial charge in [-0.05, 0) is 44.3 Å². The molecule has 6 nitrogen and oxygen atoms in total. The molecule has 2 saturated heterocycles. The van der Waals surface area contributed by atoms with E-state index in [0.717, 1.165) is 60.7 Å². The number of hydrogen-bond donors (Lipinski definition) is 3. The second-order valence-electron chi connectivity index (χ2n) is 8.22. The highest BCUT2D eigenvalue weighted by Gasteiger charge is 2.26. The van der Waals surface area contributed by atoms with Crippen molar-refractivity contribution in [3.05, 3.63) is 41.7 Å². The lowest BCUT2D eigenvalue weighted by atomic mass is 9.98. The molecule has 2 aliphatic rings. The second kappa shape index (κ2) is 8.30. The molecule has 1 aromatic carbocycles. The van der Waals surface area contributed by atoms with Crippen LogP contribution in [-0.4, -0.2) is 58.6 Å².